The molecule has 1 saturated heterocycles. The summed E-state index contributed by atoms with van der Waals surface area (Å²) in [6.45, 7) is 9.60. The molecule has 9 heteroatoms. The number of sulfone groups is 1. The van der Waals surface area contributed by atoms with Crippen LogP contribution in [-0.2, 0) is 14.6 Å². The predicted octanol–water partition coefficient (Wildman–Crippen LogP) is 2.41. The van der Waals surface area contributed by atoms with Gasteiger partial charge in [-0.15, -0.1) is 0 Å². The van der Waals surface area contributed by atoms with E-state index >= 15 is 0 Å². The maximum absolute atomic E-state index is 13.2. The molecule has 0 spiro atoms. The molecular formula is C22H30N4O4S. The van der Waals surface area contributed by atoms with Crippen molar-refractivity contribution in [2.24, 2.45) is 5.92 Å². The molecule has 0 radical (unpaired) electrons. The standard InChI is InChI=1S/C22H30N4O4S/c1-17(2)15-30-20-14-19(23-16-24-20)25-10-12-26(13-11-25)21(27)22(3,4)31(28,29)18-8-6-5-7-9-18/h5-9,14,16-17H,10-13,15H2,1-4H3. The first kappa shape index (κ1) is 23.0. The Bertz CT molecular complexity index is 1000. The van der Waals surface area contributed by atoms with Gasteiger partial charge in [-0.2, -0.15) is 0 Å². The third-order valence-corrected chi connectivity index (χ3v) is 7.73. The van der Waals surface area contributed by atoms with Gasteiger partial charge < -0.3 is 14.5 Å². The molecule has 1 aliphatic rings. The van der Waals surface area contributed by atoms with E-state index in [0.29, 0.717) is 44.6 Å². The van der Waals surface area contributed by atoms with Crippen LogP contribution in [0.15, 0.2) is 47.6 Å². The van der Waals surface area contributed by atoms with Crippen LogP contribution in [0.25, 0.3) is 0 Å². The maximum atomic E-state index is 13.2. The van der Waals surface area contributed by atoms with Gasteiger partial charge in [-0.1, -0.05) is 32.0 Å². The average molecular weight is 447 g/mol. The number of benzene rings is 1. The van der Waals surface area contributed by atoms with Gasteiger partial charge in [0.15, 0.2) is 9.84 Å². The molecule has 2 aromatic rings. The van der Waals surface area contributed by atoms with Gasteiger partial charge in [-0.25, -0.2) is 18.4 Å². The Balaban J connectivity index is 1.67. The number of aromatic nitrogens is 2. The predicted molar refractivity (Wildman–Crippen MR) is 119 cm³/mol. The normalized spacial score (nSPS) is 15.3. The highest BCUT2D eigenvalue weighted by Crippen LogP contribution is 2.28. The number of hydrogen-bond acceptors (Lipinski definition) is 7. The van der Waals surface area contributed by atoms with Crippen molar-refractivity contribution in [1.29, 1.82) is 0 Å². The van der Waals surface area contributed by atoms with E-state index in [0.717, 1.165) is 5.82 Å². The fourth-order valence-corrected chi connectivity index (χ4v) is 4.83. The molecule has 1 aromatic heterocycles. The van der Waals surface area contributed by atoms with Crippen molar-refractivity contribution in [3.8, 4) is 5.88 Å². The van der Waals surface area contributed by atoms with Crippen LogP contribution in [0.2, 0.25) is 0 Å². The van der Waals surface area contributed by atoms with Gasteiger partial charge in [0, 0.05) is 32.2 Å². The molecule has 0 atom stereocenters. The van der Waals surface area contributed by atoms with Crippen molar-refractivity contribution < 1.29 is 17.9 Å². The highest BCUT2D eigenvalue weighted by atomic mass is 32.2. The van der Waals surface area contributed by atoms with Crippen LogP contribution < -0.4 is 9.64 Å². The molecule has 1 aromatic carbocycles. The van der Waals surface area contributed by atoms with Gasteiger partial charge >= 0.3 is 0 Å². The van der Waals surface area contributed by atoms with Crippen LogP contribution >= 0.6 is 0 Å². The van der Waals surface area contributed by atoms with E-state index in [1.165, 1.54) is 32.3 Å². The third kappa shape index (κ3) is 4.98. The molecule has 0 unspecified atom stereocenters. The summed E-state index contributed by atoms with van der Waals surface area (Å²) < 4.78 is 30.3. The summed E-state index contributed by atoms with van der Waals surface area (Å²) in [5, 5.41) is 0. The number of carbonyl (C=O) groups is 1. The molecule has 1 fully saturated rings. The number of carbonyl (C=O) groups excluding carboxylic acids is 1. The van der Waals surface area contributed by atoms with Gasteiger partial charge in [0.1, 0.15) is 16.9 Å². The second kappa shape index (κ2) is 9.21. The van der Waals surface area contributed by atoms with Gasteiger partial charge in [-0.3, -0.25) is 4.79 Å². The Kier molecular flexibility index (Phi) is 6.83. The average Bonchev–Trinajstić information content (AvgIpc) is 2.78. The molecule has 2 heterocycles. The van der Waals surface area contributed by atoms with Gasteiger partial charge in [0.25, 0.3) is 0 Å². The molecule has 3 rings (SSSR count). The van der Waals surface area contributed by atoms with Crippen molar-refractivity contribution in [2.45, 2.75) is 37.3 Å². The topological polar surface area (TPSA) is 92.7 Å². The summed E-state index contributed by atoms with van der Waals surface area (Å²) in [5.74, 6) is 1.26. The number of ether oxygens (including phenoxy) is 1. The zero-order valence-electron chi connectivity index (χ0n) is 18.5. The lowest BCUT2D eigenvalue weighted by molar-refractivity contribution is -0.133. The lowest BCUT2D eigenvalue weighted by Gasteiger charge is -2.38. The monoisotopic (exact) mass is 446 g/mol. The number of rotatable bonds is 7. The smallest absolute Gasteiger partial charge is 0.243 e. The Morgan fingerprint density at radius 1 is 1.10 bits per heavy atom. The van der Waals surface area contributed by atoms with E-state index < -0.39 is 14.6 Å². The number of piperazine rings is 1. The second-order valence-electron chi connectivity index (χ2n) is 8.53. The highest BCUT2D eigenvalue weighted by Gasteiger charge is 2.45. The van der Waals surface area contributed by atoms with Crippen molar-refractivity contribution in [1.82, 2.24) is 14.9 Å². The minimum absolute atomic E-state index is 0.155. The lowest BCUT2D eigenvalue weighted by Crippen LogP contribution is -2.56. The molecule has 0 N–H and O–H groups in total. The van der Waals surface area contributed by atoms with Crippen molar-refractivity contribution in [3.63, 3.8) is 0 Å². The lowest BCUT2D eigenvalue weighted by atomic mass is 10.1. The largest absolute Gasteiger partial charge is 0.477 e. The van der Waals surface area contributed by atoms with Crippen LogP contribution in [0.1, 0.15) is 27.7 Å². The Morgan fingerprint density at radius 2 is 1.74 bits per heavy atom. The second-order valence-corrected chi connectivity index (χ2v) is 11.0. The summed E-state index contributed by atoms with van der Waals surface area (Å²) in [4.78, 5) is 25.5. The van der Waals surface area contributed by atoms with Crippen molar-refractivity contribution >= 4 is 21.6 Å². The molecule has 0 saturated carbocycles. The molecule has 0 bridgehead atoms. The van der Waals surface area contributed by atoms with Crippen LogP contribution in [0.4, 0.5) is 5.82 Å². The summed E-state index contributed by atoms with van der Waals surface area (Å²) >= 11 is 0. The summed E-state index contributed by atoms with van der Waals surface area (Å²) in [6, 6.07) is 9.91. The zero-order valence-corrected chi connectivity index (χ0v) is 19.3. The highest BCUT2D eigenvalue weighted by molar-refractivity contribution is 7.93. The number of amides is 1. The Hall–Kier alpha value is -2.68. The zero-order chi connectivity index (χ0) is 22.6. The molecular weight excluding hydrogens is 416 g/mol. The molecule has 1 amide bonds. The van der Waals surface area contributed by atoms with E-state index in [2.05, 4.69) is 23.8 Å². The third-order valence-electron chi connectivity index (χ3n) is 5.32. The van der Waals surface area contributed by atoms with E-state index in [1.54, 1.807) is 29.2 Å². The maximum Gasteiger partial charge on any atom is 0.243 e. The first-order valence-electron chi connectivity index (χ1n) is 10.4. The van der Waals surface area contributed by atoms with E-state index in [4.69, 9.17) is 4.74 Å². The van der Waals surface area contributed by atoms with Crippen molar-refractivity contribution in [2.75, 3.05) is 37.7 Å². The summed E-state index contributed by atoms with van der Waals surface area (Å²) in [7, 11) is -3.81. The van der Waals surface area contributed by atoms with Crippen LogP contribution in [0, 0.1) is 5.92 Å². The molecule has 168 valence electrons. The van der Waals surface area contributed by atoms with Gasteiger partial charge in [0.05, 0.1) is 11.5 Å². The van der Waals surface area contributed by atoms with E-state index in [-0.39, 0.29) is 10.8 Å². The van der Waals surface area contributed by atoms with Crippen molar-refractivity contribution in [3.05, 3.63) is 42.7 Å². The van der Waals surface area contributed by atoms with E-state index in [9.17, 15) is 13.2 Å². The minimum atomic E-state index is -3.81. The Morgan fingerprint density at radius 3 is 2.35 bits per heavy atom. The number of hydrogen-bond donors (Lipinski definition) is 0. The van der Waals surface area contributed by atoms with Gasteiger partial charge in [-0.05, 0) is 31.9 Å². The number of anilines is 1. The number of nitrogens with zero attached hydrogens (tertiary/aromatic N) is 4. The molecule has 31 heavy (non-hydrogen) atoms. The van der Waals surface area contributed by atoms with Crippen LogP contribution in [-0.4, -0.2) is 66.7 Å². The summed E-state index contributed by atoms with van der Waals surface area (Å²) in [5.41, 5.74) is 0. The molecule has 0 aliphatic carbocycles. The fourth-order valence-electron chi connectivity index (χ4n) is 3.36. The molecule has 1 aliphatic heterocycles. The molecule has 8 nitrogen and oxygen atoms in total. The minimum Gasteiger partial charge on any atom is -0.477 e. The Labute approximate surface area is 184 Å². The summed E-state index contributed by atoms with van der Waals surface area (Å²) in [6.07, 6.45) is 1.47. The SMILES string of the molecule is CC(C)COc1cc(N2CCN(C(=O)C(C)(C)S(=O)(=O)c3ccccc3)CC2)ncn1. The fraction of sp³-hybridized carbons (Fsp3) is 0.500. The first-order valence-corrected chi connectivity index (χ1v) is 11.9. The van der Waals surface area contributed by atoms with Gasteiger partial charge in [0.2, 0.25) is 11.8 Å². The van der Waals surface area contributed by atoms with Crippen LogP contribution in [0.5, 0.6) is 5.88 Å². The first-order chi connectivity index (χ1) is 14.6. The van der Waals surface area contributed by atoms with Crippen LogP contribution in [0.3, 0.4) is 0 Å². The van der Waals surface area contributed by atoms with E-state index in [1.807, 2.05) is 4.90 Å². The quantitative estimate of drug-likeness (QED) is 0.645.